The van der Waals surface area contributed by atoms with Crippen molar-refractivity contribution < 1.29 is 4.79 Å². The first-order valence-electron chi connectivity index (χ1n) is 7.66. The molecule has 8 nitrogen and oxygen atoms in total. The summed E-state index contributed by atoms with van der Waals surface area (Å²) in [5.74, 6) is 1.41. The van der Waals surface area contributed by atoms with Crippen molar-refractivity contribution >= 4 is 23.2 Å². The number of hydrogen-bond acceptors (Lipinski definition) is 5. The summed E-state index contributed by atoms with van der Waals surface area (Å²) >= 11 is 6.34. The molecule has 0 saturated carbocycles. The normalized spacial score (nSPS) is 17.3. The molecule has 4 heterocycles. The van der Waals surface area contributed by atoms with E-state index in [0.717, 1.165) is 17.2 Å². The Morgan fingerprint density at radius 1 is 1.33 bits per heavy atom. The van der Waals surface area contributed by atoms with Crippen molar-refractivity contribution in [3.63, 3.8) is 0 Å². The van der Waals surface area contributed by atoms with Crippen molar-refractivity contribution in [3.05, 3.63) is 40.3 Å². The standard InChI is InChI=1S/C15H16ClN7O/c1-8-4-17-14-12(16)13(20-22(14)5-8)15(24)21-6-9(2)23-10(3)18-19-11(23)7-21/h4-5,9H,6-7H2,1-3H3/t9-/m0/s1. The first-order chi connectivity index (χ1) is 11.5. The third-order valence-electron chi connectivity index (χ3n) is 4.23. The second kappa shape index (κ2) is 5.27. The van der Waals surface area contributed by atoms with E-state index in [0.29, 0.717) is 18.7 Å². The summed E-state index contributed by atoms with van der Waals surface area (Å²) in [6, 6.07) is 0.101. The number of fused-ring (bicyclic) bond motifs is 2. The Morgan fingerprint density at radius 3 is 2.92 bits per heavy atom. The Labute approximate surface area is 143 Å². The number of aryl methyl sites for hydroxylation is 2. The first kappa shape index (κ1) is 15.1. The molecule has 1 atom stereocenters. The number of aromatic nitrogens is 6. The van der Waals surface area contributed by atoms with Crippen LogP contribution in [-0.4, -0.2) is 46.7 Å². The van der Waals surface area contributed by atoms with Gasteiger partial charge in [-0.05, 0) is 26.3 Å². The number of nitrogens with zero attached hydrogens (tertiary/aromatic N) is 7. The van der Waals surface area contributed by atoms with Crippen molar-refractivity contribution in [2.75, 3.05) is 6.54 Å². The molecule has 1 aliphatic heterocycles. The summed E-state index contributed by atoms with van der Waals surface area (Å²) in [6.07, 6.45) is 3.50. The molecule has 0 aromatic carbocycles. The van der Waals surface area contributed by atoms with Crippen LogP contribution < -0.4 is 0 Å². The van der Waals surface area contributed by atoms with E-state index in [1.54, 1.807) is 21.8 Å². The van der Waals surface area contributed by atoms with Crippen molar-refractivity contribution in [1.29, 1.82) is 0 Å². The summed E-state index contributed by atoms with van der Waals surface area (Å²) in [6.45, 7) is 6.81. The Bertz CT molecular complexity index is 960. The number of rotatable bonds is 1. The SMILES string of the molecule is Cc1cnc2c(Cl)c(C(=O)N3Cc4nnc(C)n4[C@@H](C)C3)nn2c1. The maximum Gasteiger partial charge on any atom is 0.276 e. The van der Waals surface area contributed by atoms with Crippen LogP contribution in [0, 0.1) is 13.8 Å². The van der Waals surface area contributed by atoms with E-state index in [2.05, 4.69) is 24.8 Å². The molecule has 3 aromatic rings. The second-order valence-electron chi connectivity index (χ2n) is 6.13. The van der Waals surface area contributed by atoms with Gasteiger partial charge in [0.15, 0.2) is 17.2 Å². The van der Waals surface area contributed by atoms with Gasteiger partial charge in [-0.2, -0.15) is 5.10 Å². The fourth-order valence-electron chi connectivity index (χ4n) is 3.17. The third kappa shape index (κ3) is 2.17. The summed E-state index contributed by atoms with van der Waals surface area (Å²) in [4.78, 5) is 18.9. The van der Waals surface area contributed by atoms with E-state index in [1.807, 2.05) is 20.8 Å². The van der Waals surface area contributed by atoms with Gasteiger partial charge >= 0.3 is 0 Å². The van der Waals surface area contributed by atoms with Gasteiger partial charge in [-0.1, -0.05) is 11.6 Å². The summed E-state index contributed by atoms with van der Waals surface area (Å²) in [7, 11) is 0. The molecule has 0 spiro atoms. The summed E-state index contributed by atoms with van der Waals surface area (Å²) in [5.41, 5.74) is 1.64. The number of halogens is 1. The average Bonchev–Trinajstić information content (AvgIpc) is 3.07. The fourth-order valence-corrected chi connectivity index (χ4v) is 3.43. The lowest BCUT2D eigenvalue weighted by Crippen LogP contribution is -2.40. The molecule has 0 N–H and O–H groups in total. The molecule has 124 valence electrons. The summed E-state index contributed by atoms with van der Waals surface area (Å²) < 4.78 is 3.60. The van der Waals surface area contributed by atoms with Crippen LogP contribution >= 0.6 is 11.6 Å². The molecule has 0 radical (unpaired) electrons. The van der Waals surface area contributed by atoms with Crippen molar-refractivity contribution in [1.82, 2.24) is 34.3 Å². The highest BCUT2D eigenvalue weighted by Gasteiger charge is 2.31. The Hall–Kier alpha value is -2.48. The average molecular weight is 346 g/mol. The zero-order valence-corrected chi connectivity index (χ0v) is 14.3. The van der Waals surface area contributed by atoms with Crippen LogP contribution in [0.15, 0.2) is 12.4 Å². The molecule has 9 heteroatoms. The van der Waals surface area contributed by atoms with Crippen LogP contribution in [0.2, 0.25) is 5.02 Å². The highest BCUT2D eigenvalue weighted by atomic mass is 35.5. The molecular formula is C15H16ClN7O. The number of carbonyl (C=O) groups is 1. The summed E-state index contributed by atoms with van der Waals surface area (Å²) in [5, 5.41) is 12.9. The highest BCUT2D eigenvalue weighted by Crippen LogP contribution is 2.26. The maximum absolute atomic E-state index is 12.9. The lowest BCUT2D eigenvalue weighted by atomic mass is 10.2. The molecule has 1 aliphatic rings. The zero-order valence-electron chi connectivity index (χ0n) is 13.6. The van der Waals surface area contributed by atoms with E-state index in [1.165, 1.54) is 0 Å². The van der Waals surface area contributed by atoms with Crippen molar-refractivity contribution in [2.24, 2.45) is 0 Å². The largest absolute Gasteiger partial charge is 0.328 e. The molecule has 0 aliphatic carbocycles. The molecule has 0 fully saturated rings. The minimum Gasteiger partial charge on any atom is -0.328 e. The van der Waals surface area contributed by atoms with Crippen LogP contribution in [0.25, 0.3) is 5.65 Å². The number of carbonyl (C=O) groups excluding carboxylic acids is 1. The van der Waals surface area contributed by atoms with Gasteiger partial charge in [-0.3, -0.25) is 4.79 Å². The number of amides is 1. The molecule has 4 rings (SSSR count). The van der Waals surface area contributed by atoms with Gasteiger partial charge in [0, 0.05) is 18.9 Å². The van der Waals surface area contributed by atoms with E-state index >= 15 is 0 Å². The van der Waals surface area contributed by atoms with E-state index in [9.17, 15) is 4.79 Å². The van der Waals surface area contributed by atoms with Crippen LogP contribution in [0.4, 0.5) is 0 Å². The van der Waals surface area contributed by atoms with Gasteiger partial charge in [0.1, 0.15) is 10.8 Å². The molecule has 0 saturated heterocycles. The smallest absolute Gasteiger partial charge is 0.276 e. The minimum atomic E-state index is -0.220. The van der Waals surface area contributed by atoms with E-state index in [-0.39, 0.29) is 22.7 Å². The molecule has 0 bridgehead atoms. The Kier molecular flexibility index (Phi) is 3.31. The maximum atomic E-state index is 12.9. The van der Waals surface area contributed by atoms with Crippen LogP contribution in [-0.2, 0) is 6.54 Å². The topological polar surface area (TPSA) is 81.2 Å². The van der Waals surface area contributed by atoms with Gasteiger partial charge in [-0.25, -0.2) is 9.50 Å². The van der Waals surface area contributed by atoms with Crippen molar-refractivity contribution in [2.45, 2.75) is 33.4 Å². The van der Waals surface area contributed by atoms with Gasteiger partial charge in [0.2, 0.25) is 0 Å². The monoisotopic (exact) mass is 345 g/mol. The van der Waals surface area contributed by atoms with E-state index in [4.69, 9.17) is 11.6 Å². The van der Waals surface area contributed by atoms with Gasteiger partial charge in [-0.15, -0.1) is 10.2 Å². The van der Waals surface area contributed by atoms with E-state index < -0.39 is 0 Å². The zero-order chi connectivity index (χ0) is 17.0. The highest BCUT2D eigenvalue weighted by molar-refractivity contribution is 6.36. The molecular weight excluding hydrogens is 330 g/mol. The van der Waals surface area contributed by atoms with Gasteiger partial charge in [0.05, 0.1) is 12.6 Å². The lowest BCUT2D eigenvalue weighted by Gasteiger charge is -2.31. The van der Waals surface area contributed by atoms with Crippen LogP contribution in [0.5, 0.6) is 0 Å². The Morgan fingerprint density at radius 2 is 2.12 bits per heavy atom. The predicted octanol–water partition coefficient (Wildman–Crippen LogP) is 1.81. The predicted molar refractivity (Wildman–Crippen MR) is 86.9 cm³/mol. The molecule has 0 unspecified atom stereocenters. The first-order valence-corrected chi connectivity index (χ1v) is 8.03. The second-order valence-corrected chi connectivity index (χ2v) is 6.51. The third-order valence-corrected chi connectivity index (χ3v) is 4.58. The van der Waals surface area contributed by atoms with Crippen molar-refractivity contribution in [3.8, 4) is 0 Å². The van der Waals surface area contributed by atoms with Gasteiger partial charge in [0.25, 0.3) is 5.91 Å². The Balaban J connectivity index is 1.71. The number of hydrogen-bond donors (Lipinski definition) is 0. The van der Waals surface area contributed by atoms with Crippen LogP contribution in [0.1, 0.15) is 40.7 Å². The molecule has 24 heavy (non-hydrogen) atoms. The van der Waals surface area contributed by atoms with Crippen LogP contribution in [0.3, 0.4) is 0 Å². The molecule has 1 amide bonds. The van der Waals surface area contributed by atoms with Gasteiger partial charge < -0.3 is 9.47 Å². The minimum absolute atomic E-state index is 0.101. The fraction of sp³-hybridized carbons (Fsp3) is 0.400. The molecule has 3 aromatic heterocycles. The quantitative estimate of drug-likeness (QED) is 0.671. The lowest BCUT2D eigenvalue weighted by molar-refractivity contribution is 0.0674.